The lowest BCUT2D eigenvalue weighted by Gasteiger charge is -2.34. The predicted octanol–water partition coefficient (Wildman–Crippen LogP) is 3.12. The van der Waals surface area contributed by atoms with Crippen LogP contribution in [0.1, 0.15) is 57.6 Å². The molecule has 1 saturated heterocycles. The van der Waals surface area contributed by atoms with Gasteiger partial charge in [-0.2, -0.15) is 0 Å². The first-order valence-corrected chi connectivity index (χ1v) is 12.5. The molecule has 5 N–H and O–H groups in total. The number of hydrogen-bond donors (Lipinski definition) is 3. The van der Waals surface area contributed by atoms with Gasteiger partial charge >= 0.3 is 0 Å². The summed E-state index contributed by atoms with van der Waals surface area (Å²) in [6.45, 7) is 8.13. The second-order valence-electron chi connectivity index (χ2n) is 9.39. The van der Waals surface area contributed by atoms with Gasteiger partial charge in [0.05, 0.1) is 10.8 Å². The molecule has 2 aromatic rings. The van der Waals surface area contributed by atoms with Gasteiger partial charge in [-0.3, -0.25) is 19.7 Å². The largest absolute Gasteiger partial charge is 0.399 e. The van der Waals surface area contributed by atoms with Crippen LogP contribution in [0.2, 0.25) is 0 Å². The standard InChI is InChI=1S/C15H22N2O.C13H16N2O2/c1-3-17(4-2)14(18)15(10-13(15)11-16)12-8-6-5-7-9-12;1-2-13(8-7-11(16)15-12(13)17)9-3-5-10(14)6-4-9/h5-9,13H,3-4,10-11,16H2,1-2H3;3-6H,2,7-8,14H2,1H3,(H,15,16,17)/t13-,15+;/m1./s1. The Labute approximate surface area is 208 Å². The molecule has 0 spiro atoms. The first-order valence-electron chi connectivity index (χ1n) is 12.5. The smallest absolute Gasteiger partial charge is 0.237 e. The van der Waals surface area contributed by atoms with Crippen molar-refractivity contribution in [2.24, 2.45) is 11.7 Å². The van der Waals surface area contributed by atoms with Crippen LogP contribution in [0.4, 0.5) is 5.69 Å². The van der Waals surface area contributed by atoms with E-state index >= 15 is 0 Å². The minimum atomic E-state index is -0.582. The van der Waals surface area contributed by atoms with Gasteiger partial charge in [-0.25, -0.2) is 0 Å². The van der Waals surface area contributed by atoms with E-state index in [0.29, 0.717) is 37.4 Å². The zero-order valence-corrected chi connectivity index (χ0v) is 21.0. The Hall–Kier alpha value is -3.19. The summed E-state index contributed by atoms with van der Waals surface area (Å²) in [4.78, 5) is 37.9. The summed E-state index contributed by atoms with van der Waals surface area (Å²) < 4.78 is 0. The molecule has 0 bridgehead atoms. The molecule has 0 radical (unpaired) electrons. The van der Waals surface area contributed by atoms with Crippen molar-refractivity contribution in [1.82, 2.24) is 10.2 Å². The molecule has 1 unspecified atom stereocenters. The van der Waals surface area contributed by atoms with Crippen LogP contribution in [0.5, 0.6) is 0 Å². The molecule has 4 rings (SSSR count). The molecule has 2 aromatic carbocycles. The van der Waals surface area contributed by atoms with Crippen molar-refractivity contribution in [2.45, 2.75) is 57.3 Å². The minimum Gasteiger partial charge on any atom is -0.399 e. The third kappa shape index (κ3) is 5.10. The number of piperidine rings is 1. The Kier molecular flexibility index (Phi) is 8.33. The fourth-order valence-corrected chi connectivity index (χ4v) is 5.25. The molecule has 2 aliphatic rings. The van der Waals surface area contributed by atoms with Crippen LogP contribution in [0.3, 0.4) is 0 Å². The number of likely N-dealkylation sites (N-methyl/N-ethyl adjacent to an activating group) is 1. The second-order valence-corrected chi connectivity index (χ2v) is 9.39. The first kappa shape index (κ1) is 26.4. The fraction of sp³-hybridized carbons (Fsp3) is 0.464. The molecule has 1 aliphatic carbocycles. The van der Waals surface area contributed by atoms with E-state index < -0.39 is 5.41 Å². The molecular formula is C28H38N4O3. The number of nitrogens with two attached hydrogens (primary N) is 2. The van der Waals surface area contributed by atoms with Crippen LogP contribution in [-0.2, 0) is 25.2 Å². The molecule has 3 amide bonds. The number of carbonyl (C=O) groups is 3. The highest BCUT2D eigenvalue weighted by atomic mass is 16.2. The average Bonchev–Trinajstić information content (AvgIpc) is 3.63. The zero-order chi connectivity index (χ0) is 25.6. The van der Waals surface area contributed by atoms with Crippen molar-refractivity contribution in [1.29, 1.82) is 0 Å². The van der Waals surface area contributed by atoms with Crippen LogP contribution < -0.4 is 16.8 Å². The highest BCUT2D eigenvalue weighted by molar-refractivity contribution is 6.03. The van der Waals surface area contributed by atoms with E-state index in [1.54, 1.807) is 12.1 Å². The van der Waals surface area contributed by atoms with Crippen LogP contribution in [-0.4, -0.2) is 42.3 Å². The van der Waals surface area contributed by atoms with E-state index in [-0.39, 0.29) is 23.1 Å². The zero-order valence-electron chi connectivity index (χ0n) is 21.0. The van der Waals surface area contributed by atoms with E-state index in [0.717, 1.165) is 30.6 Å². The number of nitrogens with zero attached hydrogens (tertiary/aromatic N) is 1. The summed E-state index contributed by atoms with van der Waals surface area (Å²) in [5.41, 5.74) is 13.2. The Bertz CT molecular complexity index is 1040. The Morgan fingerprint density at radius 3 is 2.11 bits per heavy atom. The molecule has 7 nitrogen and oxygen atoms in total. The molecule has 0 aromatic heterocycles. The number of amides is 3. The summed E-state index contributed by atoms with van der Waals surface area (Å²) in [7, 11) is 0. The highest BCUT2D eigenvalue weighted by Crippen LogP contribution is 2.54. The van der Waals surface area contributed by atoms with Crippen molar-refractivity contribution in [2.75, 3.05) is 25.4 Å². The summed E-state index contributed by atoms with van der Waals surface area (Å²) in [6, 6.07) is 17.4. The molecule has 3 atom stereocenters. The van der Waals surface area contributed by atoms with Gasteiger partial charge in [0, 0.05) is 25.2 Å². The maximum atomic E-state index is 12.7. The lowest BCUT2D eigenvalue weighted by atomic mass is 9.72. The van der Waals surface area contributed by atoms with Gasteiger partial charge in [-0.15, -0.1) is 0 Å². The van der Waals surface area contributed by atoms with Gasteiger partial charge in [0.1, 0.15) is 0 Å². The number of nitrogen functional groups attached to an aromatic ring is 1. The van der Waals surface area contributed by atoms with Crippen molar-refractivity contribution >= 4 is 23.4 Å². The minimum absolute atomic E-state index is 0.186. The average molecular weight is 479 g/mol. The Morgan fingerprint density at radius 1 is 1.00 bits per heavy atom. The normalized spacial score (nSPS) is 25.2. The summed E-state index contributed by atoms with van der Waals surface area (Å²) in [5.74, 6) is 0.165. The van der Waals surface area contributed by atoms with Crippen LogP contribution in [0.15, 0.2) is 54.6 Å². The predicted molar refractivity (Wildman–Crippen MR) is 138 cm³/mol. The number of hydrogen-bond acceptors (Lipinski definition) is 5. The first-order chi connectivity index (χ1) is 16.8. The van der Waals surface area contributed by atoms with E-state index in [1.165, 1.54) is 0 Å². The lowest BCUT2D eigenvalue weighted by molar-refractivity contribution is -0.138. The van der Waals surface area contributed by atoms with Gasteiger partial charge in [-0.1, -0.05) is 49.4 Å². The number of nitrogens with one attached hydrogen (secondary N) is 1. The van der Waals surface area contributed by atoms with E-state index in [4.69, 9.17) is 11.5 Å². The number of carbonyl (C=O) groups excluding carboxylic acids is 3. The quantitative estimate of drug-likeness (QED) is 0.417. The molecule has 188 valence electrons. The highest BCUT2D eigenvalue weighted by Gasteiger charge is 2.61. The van der Waals surface area contributed by atoms with Crippen molar-refractivity contribution in [3.8, 4) is 0 Å². The second kappa shape index (κ2) is 11.0. The lowest BCUT2D eigenvalue weighted by Crippen LogP contribution is -2.51. The van der Waals surface area contributed by atoms with Crippen molar-refractivity contribution in [3.63, 3.8) is 0 Å². The van der Waals surface area contributed by atoms with Gasteiger partial charge < -0.3 is 16.4 Å². The number of imide groups is 1. The molecule has 2 fully saturated rings. The molecule has 7 heteroatoms. The fourth-order valence-electron chi connectivity index (χ4n) is 5.25. The van der Waals surface area contributed by atoms with Gasteiger partial charge in [-0.05, 0) is 68.8 Å². The topological polar surface area (TPSA) is 119 Å². The number of benzene rings is 2. The van der Waals surface area contributed by atoms with Gasteiger partial charge in [0.2, 0.25) is 17.7 Å². The van der Waals surface area contributed by atoms with Crippen molar-refractivity contribution < 1.29 is 14.4 Å². The van der Waals surface area contributed by atoms with Crippen LogP contribution in [0, 0.1) is 5.92 Å². The molecule has 1 aliphatic heterocycles. The monoisotopic (exact) mass is 478 g/mol. The van der Waals surface area contributed by atoms with E-state index in [1.807, 2.05) is 56.0 Å². The van der Waals surface area contributed by atoms with Gasteiger partial charge in [0.15, 0.2) is 0 Å². The third-order valence-electron chi connectivity index (χ3n) is 7.64. The summed E-state index contributed by atoms with van der Waals surface area (Å²) >= 11 is 0. The molecule has 1 heterocycles. The van der Waals surface area contributed by atoms with Crippen LogP contribution in [0.25, 0.3) is 0 Å². The molecule has 35 heavy (non-hydrogen) atoms. The van der Waals surface area contributed by atoms with Crippen LogP contribution >= 0.6 is 0 Å². The maximum absolute atomic E-state index is 12.7. The number of anilines is 1. The molecule has 1 saturated carbocycles. The Balaban J connectivity index is 0.000000196. The van der Waals surface area contributed by atoms with Gasteiger partial charge in [0.25, 0.3) is 0 Å². The summed E-state index contributed by atoms with van der Waals surface area (Å²) in [5, 5.41) is 2.43. The Morgan fingerprint density at radius 2 is 1.63 bits per heavy atom. The number of rotatable bonds is 7. The molecular weight excluding hydrogens is 440 g/mol. The summed E-state index contributed by atoms with van der Waals surface area (Å²) in [6.07, 6.45) is 2.53. The van der Waals surface area contributed by atoms with E-state index in [2.05, 4.69) is 17.4 Å². The SMILES string of the molecule is CCC1(c2ccc(N)cc2)CCC(=O)NC1=O.CCN(CC)C(=O)[C@]1(c2ccccc2)C[C@@H]1CN. The third-order valence-corrected chi connectivity index (χ3v) is 7.64. The maximum Gasteiger partial charge on any atom is 0.237 e. The van der Waals surface area contributed by atoms with Crippen molar-refractivity contribution in [3.05, 3.63) is 65.7 Å². The van der Waals surface area contributed by atoms with E-state index in [9.17, 15) is 14.4 Å².